The van der Waals surface area contributed by atoms with Gasteiger partial charge in [-0.2, -0.15) is 0 Å². The molecule has 1 atom stereocenters. The average Bonchev–Trinajstić information content (AvgIpc) is 3.19. The van der Waals surface area contributed by atoms with Crippen molar-refractivity contribution in [1.29, 1.82) is 0 Å². The van der Waals surface area contributed by atoms with Gasteiger partial charge in [-0.05, 0) is 43.9 Å². The maximum Gasteiger partial charge on any atom is 0.229 e. The van der Waals surface area contributed by atoms with Gasteiger partial charge < -0.3 is 15.0 Å². The number of hydrogen-bond acceptors (Lipinski definition) is 6. The minimum absolute atomic E-state index is 0.00964. The summed E-state index contributed by atoms with van der Waals surface area (Å²) >= 11 is 7.90. The number of methoxy groups -OCH3 is 1. The van der Waals surface area contributed by atoms with Gasteiger partial charge in [-0.25, -0.2) is 9.97 Å². The zero-order valence-electron chi connectivity index (χ0n) is 17.4. The molecule has 0 radical (unpaired) electrons. The van der Waals surface area contributed by atoms with Crippen molar-refractivity contribution in [2.75, 3.05) is 30.4 Å². The molecule has 1 N–H and O–H groups in total. The third kappa shape index (κ3) is 4.09. The largest absolute Gasteiger partial charge is 0.495 e. The molecule has 6 nitrogen and oxygen atoms in total. The van der Waals surface area contributed by atoms with Crippen molar-refractivity contribution >= 4 is 50.6 Å². The minimum atomic E-state index is -0.131. The van der Waals surface area contributed by atoms with Crippen LogP contribution in [0.4, 0.5) is 11.5 Å². The van der Waals surface area contributed by atoms with Crippen LogP contribution in [0.15, 0.2) is 24.5 Å². The van der Waals surface area contributed by atoms with Crippen molar-refractivity contribution in [3.63, 3.8) is 0 Å². The second-order valence-corrected chi connectivity index (χ2v) is 9.08. The molecule has 0 spiro atoms. The number of thiophene rings is 1. The number of aryl methyl sites for hydroxylation is 2. The molecular formula is C22H25ClN4O2S. The van der Waals surface area contributed by atoms with E-state index in [9.17, 15) is 4.79 Å². The van der Waals surface area contributed by atoms with Crippen LogP contribution in [0, 0.1) is 12.8 Å². The molecule has 2 aromatic heterocycles. The number of aromatic nitrogens is 2. The van der Waals surface area contributed by atoms with Gasteiger partial charge in [-0.1, -0.05) is 18.5 Å². The molecule has 0 saturated carbocycles. The van der Waals surface area contributed by atoms with Gasteiger partial charge in [0.1, 0.15) is 22.7 Å². The maximum absolute atomic E-state index is 13.1. The van der Waals surface area contributed by atoms with Gasteiger partial charge in [0, 0.05) is 29.1 Å². The third-order valence-corrected chi connectivity index (χ3v) is 7.13. The summed E-state index contributed by atoms with van der Waals surface area (Å²) in [7, 11) is 1.57. The fraction of sp³-hybridized carbons (Fsp3) is 0.409. The van der Waals surface area contributed by atoms with E-state index in [0.717, 1.165) is 47.4 Å². The molecule has 30 heavy (non-hydrogen) atoms. The fourth-order valence-electron chi connectivity index (χ4n) is 3.87. The van der Waals surface area contributed by atoms with Crippen LogP contribution in [0.3, 0.4) is 0 Å². The Hall–Kier alpha value is -2.38. The molecule has 8 heteroatoms. The number of anilines is 2. The number of amides is 1. The van der Waals surface area contributed by atoms with Crippen LogP contribution >= 0.6 is 22.9 Å². The number of fused-ring (bicyclic) bond motifs is 1. The van der Waals surface area contributed by atoms with E-state index in [4.69, 9.17) is 16.3 Å². The summed E-state index contributed by atoms with van der Waals surface area (Å²) in [6.45, 7) is 5.57. The van der Waals surface area contributed by atoms with E-state index in [1.54, 1.807) is 30.8 Å². The van der Waals surface area contributed by atoms with Crippen molar-refractivity contribution < 1.29 is 9.53 Å². The lowest BCUT2D eigenvalue weighted by atomic mass is 9.96. The first-order chi connectivity index (χ1) is 14.5. The number of carbonyl (C=O) groups is 1. The summed E-state index contributed by atoms with van der Waals surface area (Å²) < 4.78 is 5.40. The molecule has 1 aromatic carbocycles. The number of hydrogen-bond donors (Lipinski definition) is 1. The number of ether oxygens (including phenoxy) is 1. The van der Waals surface area contributed by atoms with E-state index < -0.39 is 0 Å². The zero-order valence-corrected chi connectivity index (χ0v) is 18.9. The third-order valence-electron chi connectivity index (χ3n) is 5.54. The Morgan fingerprint density at radius 1 is 1.37 bits per heavy atom. The number of halogens is 1. The molecule has 1 saturated heterocycles. The highest BCUT2D eigenvalue weighted by molar-refractivity contribution is 7.18. The van der Waals surface area contributed by atoms with Crippen LogP contribution in [0.5, 0.6) is 5.75 Å². The second-order valence-electron chi connectivity index (χ2n) is 7.56. The number of nitrogens with zero attached hydrogens (tertiary/aromatic N) is 3. The molecule has 0 aliphatic carbocycles. The van der Waals surface area contributed by atoms with E-state index in [1.165, 1.54) is 4.88 Å². The summed E-state index contributed by atoms with van der Waals surface area (Å²) in [5.41, 5.74) is 1.54. The van der Waals surface area contributed by atoms with Crippen LogP contribution in [0.1, 0.15) is 30.2 Å². The molecule has 3 aromatic rings. The predicted molar refractivity (Wildman–Crippen MR) is 123 cm³/mol. The molecule has 1 aliphatic rings. The van der Waals surface area contributed by atoms with Crippen molar-refractivity contribution in [2.45, 2.75) is 33.1 Å². The number of piperidine rings is 1. The Morgan fingerprint density at radius 3 is 2.97 bits per heavy atom. The first kappa shape index (κ1) is 20.9. The molecule has 1 aliphatic heterocycles. The normalized spacial score (nSPS) is 16.7. The lowest BCUT2D eigenvalue weighted by molar-refractivity contribution is -0.120. The number of carbonyl (C=O) groups excluding carboxylic acids is 1. The number of benzene rings is 1. The van der Waals surface area contributed by atoms with Gasteiger partial charge in [-0.15, -0.1) is 11.3 Å². The fourth-order valence-corrected chi connectivity index (χ4v) is 4.95. The molecule has 158 valence electrons. The Kier molecular flexibility index (Phi) is 6.11. The molecule has 4 rings (SSSR count). The zero-order chi connectivity index (χ0) is 21.3. The summed E-state index contributed by atoms with van der Waals surface area (Å²) in [5, 5.41) is 4.74. The van der Waals surface area contributed by atoms with E-state index in [-0.39, 0.29) is 11.8 Å². The Balaban J connectivity index is 1.54. The first-order valence-corrected chi connectivity index (χ1v) is 11.3. The van der Waals surface area contributed by atoms with Crippen LogP contribution in [-0.2, 0) is 11.2 Å². The molecule has 1 fully saturated rings. The smallest absolute Gasteiger partial charge is 0.229 e. The van der Waals surface area contributed by atoms with E-state index in [1.807, 2.05) is 13.0 Å². The van der Waals surface area contributed by atoms with Crippen LogP contribution in [-0.4, -0.2) is 36.1 Å². The van der Waals surface area contributed by atoms with Crippen molar-refractivity contribution in [1.82, 2.24) is 9.97 Å². The van der Waals surface area contributed by atoms with Crippen LogP contribution < -0.4 is 15.0 Å². The van der Waals surface area contributed by atoms with E-state index >= 15 is 0 Å². The van der Waals surface area contributed by atoms with Gasteiger partial charge in [0.15, 0.2) is 0 Å². The average molecular weight is 445 g/mol. The van der Waals surface area contributed by atoms with Gasteiger partial charge in [0.25, 0.3) is 0 Å². The second kappa shape index (κ2) is 8.78. The Morgan fingerprint density at radius 2 is 2.20 bits per heavy atom. The molecule has 0 bridgehead atoms. The minimum Gasteiger partial charge on any atom is -0.495 e. The Labute approximate surface area is 185 Å². The van der Waals surface area contributed by atoms with Crippen molar-refractivity contribution in [3.8, 4) is 5.75 Å². The highest BCUT2D eigenvalue weighted by atomic mass is 35.5. The summed E-state index contributed by atoms with van der Waals surface area (Å²) in [5.74, 6) is 1.35. The SMILES string of the molecule is CCc1cc2c(N3CCCC(C(=O)Nc4cc(C)c(Cl)cc4OC)C3)ncnc2s1. The molecular weight excluding hydrogens is 420 g/mol. The van der Waals surface area contributed by atoms with Crippen LogP contribution in [0.25, 0.3) is 10.2 Å². The topological polar surface area (TPSA) is 67.4 Å². The molecule has 3 heterocycles. The standard InChI is InChI=1S/C22H25ClN4O2S/c1-4-15-9-16-20(24-12-25-22(16)30-15)27-7-5-6-14(11-27)21(28)26-18-8-13(2)17(23)10-19(18)29-3/h8-10,12,14H,4-7,11H2,1-3H3,(H,26,28). The van der Waals surface area contributed by atoms with Crippen LogP contribution in [0.2, 0.25) is 5.02 Å². The van der Waals surface area contributed by atoms with E-state index in [2.05, 4.69) is 33.2 Å². The summed E-state index contributed by atoms with van der Waals surface area (Å²) in [6, 6.07) is 5.77. The predicted octanol–water partition coefficient (Wildman–Crippen LogP) is 5.08. The molecule has 1 amide bonds. The maximum atomic E-state index is 13.1. The number of rotatable bonds is 5. The quantitative estimate of drug-likeness (QED) is 0.594. The number of nitrogens with one attached hydrogen (secondary N) is 1. The summed E-state index contributed by atoms with van der Waals surface area (Å²) in [6.07, 6.45) is 4.38. The highest BCUT2D eigenvalue weighted by Gasteiger charge is 2.28. The van der Waals surface area contributed by atoms with Gasteiger partial charge >= 0.3 is 0 Å². The molecule has 1 unspecified atom stereocenters. The van der Waals surface area contributed by atoms with Crippen molar-refractivity contribution in [3.05, 3.63) is 40.0 Å². The first-order valence-electron chi connectivity index (χ1n) is 10.1. The monoisotopic (exact) mass is 444 g/mol. The summed E-state index contributed by atoms with van der Waals surface area (Å²) in [4.78, 5) is 26.6. The lowest BCUT2D eigenvalue weighted by Gasteiger charge is -2.33. The highest BCUT2D eigenvalue weighted by Crippen LogP contribution is 2.34. The van der Waals surface area contributed by atoms with Gasteiger partial charge in [0.2, 0.25) is 5.91 Å². The van der Waals surface area contributed by atoms with Gasteiger partial charge in [-0.3, -0.25) is 4.79 Å². The van der Waals surface area contributed by atoms with E-state index in [0.29, 0.717) is 23.0 Å². The van der Waals surface area contributed by atoms with Crippen molar-refractivity contribution in [2.24, 2.45) is 5.92 Å². The van der Waals surface area contributed by atoms with Gasteiger partial charge in [0.05, 0.1) is 24.1 Å². The lowest BCUT2D eigenvalue weighted by Crippen LogP contribution is -2.41. The Bertz CT molecular complexity index is 1080.